The zero-order chi connectivity index (χ0) is 13.2. The Morgan fingerprint density at radius 1 is 1.44 bits per heavy atom. The fraction of sp³-hybridized carbons (Fsp3) is 0.500. The lowest BCUT2D eigenvalue weighted by atomic mass is 10.1. The second kappa shape index (κ2) is 5.38. The molecule has 0 spiro atoms. The molecule has 0 amide bonds. The van der Waals surface area contributed by atoms with Gasteiger partial charge in [0, 0.05) is 23.7 Å². The van der Waals surface area contributed by atoms with Crippen LogP contribution in [0.2, 0.25) is 5.02 Å². The van der Waals surface area contributed by atoms with Gasteiger partial charge in [0.1, 0.15) is 5.01 Å². The van der Waals surface area contributed by atoms with E-state index in [9.17, 15) is 0 Å². The van der Waals surface area contributed by atoms with E-state index < -0.39 is 0 Å². The summed E-state index contributed by atoms with van der Waals surface area (Å²) >= 11 is 7.49. The van der Waals surface area contributed by atoms with Crippen LogP contribution in [0.1, 0.15) is 31.5 Å². The average Bonchev–Trinajstić information content (AvgIpc) is 2.85. The van der Waals surface area contributed by atoms with Crippen LogP contribution in [0.15, 0.2) is 17.8 Å². The third kappa shape index (κ3) is 4.08. The maximum atomic E-state index is 5.82. The van der Waals surface area contributed by atoms with E-state index in [1.165, 1.54) is 0 Å². The maximum Gasteiger partial charge on any atom is 0.107 e. The molecule has 4 nitrogen and oxygen atoms in total. The van der Waals surface area contributed by atoms with Crippen LogP contribution in [-0.4, -0.2) is 20.3 Å². The first kappa shape index (κ1) is 13.5. The number of hydrogen-bond acceptors (Lipinski definition) is 4. The minimum Gasteiger partial charge on any atom is -0.306 e. The lowest BCUT2D eigenvalue weighted by Crippen LogP contribution is -2.35. The van der Waals surface area contributed by atoms with Crippen LogP contribution >= 0.6 is 22.9 Å². The van der Waals surface area contributed by atoms with Crippen molar-refractivity contribution in [2.75, 3.05) is 0 Å². The predicted molar refractivity (Wildman–Crippen MR) is 75.0 cm³/mol. The highest BCUT2D eigenvalue weighted by Crippen LogP contribution is 2.13. The van der Waals surface area contributed by atoms with E-state index in [1.807, 2.05) is 0 Å². The summed E-state index contributed by atoms with van der Waals surface area (Å²) in [4.78, 5) is 4.57. The number of rotatable bonds is 4. The van der Waals surface area contributed by atoms with Gasteiger partial charge in [-0.1, -0.05) is 11.6 Å². The smallest absolute Gasteiger partial charge is 0.107 e. The Balaban J connectivity index is 1.94. The van der Waals surface area contributed by atoms with Gasteiger partial charge in [0.2, 0.25) is 0 Å². The van der Waals surface area contributed by atoms with Crippen molar-refractivity contribution in [1.29, 1.82) is 0 Å². The maximum absolute atomic E-state index is 5.82. The van der Waals surface area contributed by atoms with E-state index in [2.05, 4.69) is 41.6 Å². The molecule has 0 aliphatic rings. The molecule has 0 fully saturated rings. The average molecular weight is 285 g/mol. The number of halogens is 1. The minimum absolute atomic E-state index is 0.112. The van der Waals surface area contributed by atoms with Crippen molar-refractivity contribution in [2.45, 2.75) is 39.4 Å². The van der Waals surface area contributed by atoms with Gasteiger partial charge in [-0.25, -0.2) is 4.98 Å². The first-order valence-electron chi connectivity index (χ1n) is 5.79. The zero-order valence-corrected chi connectivity index (χ0v) is 12.3. The van der Waals surface area contributed by atoms with Crippen LogP contribution in [-0.2, 0) is 13.1 Å². The van der Waals surface area contributed by atoms with Gasteiger partial charge in [-0.15, -0.1) is 11.3 Å². The Labute approximate surface area is 116 Å². The molecule has 0 radical (unpaired) electrons. The number of nitrogens with zero attached hydrogens (tertiary/aromatic N) is 3. The van der Waals surface area contributed by atoms with Gasteiger partial charge in [0.15, 0.2) is 0 Å². The summed E-state index contributed by atoms with van der Waals surface area (Å²) < 4.78 is 1.79. The Hall–Kier alpha value is -0.910. The normalized spacial score (nSPS) is 12.0. The van der Waals surface area contributed by atoms with Crippen LogP contribution in [0.5, 0.6) is 0 Å². The molecule has 0 saturated heterocycles. The molecular formula is C12H17ClN4S. The molecule has 0 aliphatic carbocycles. The topological polar surface area (TPSA) is 42.7 Å². The molecule has 0 atom stereocenters. The SMILES string of the molecule is CC(C)(C)NCc1nc(Cn2cc(Cl)cn2)cs1. The summed E-state index contributed by atoms with van der Waals surface area (Å²) in [6.07, 6.45) is 3.43. The molecule has 1 N–H and O–H groups in total. The van der Waals surface area contributed by atoms with Crippen LogP contribution in [0, 0.1) is 0 Å². The Kier molecular flexibility index (Phi) is 4.04. The number of aromatic nitrogens is 3. The van der Waals surface area contributed by atoms with Crippen LogP contribution in [0.3, 0.4) is 0 Å². The molecule has 0 unspecified atom stereocenters. The quantitative estimate of drug-likeness (QED) is 0.939. The molecule has 0 aliphatic heterocycles. The third-order valence-corrected chi connectivity index (χ3v) is 3.39. The lowest BCUT2D eigenvalue weighted by molar-refractivity contribution is 0.423. The van der Waals surface area contributed by atoms with Crippen molar-refractivity contribution >= 4 is 22.9 Å². The van der Waals surface area contributed by atoms with E-state index in [1.54, 1.807) is 28.4 Å². The second-order valence-corrected chi connectivity index (χ2v) is 6.57. The van der Waals surface area contributed by atoms with Crippen molar-refractivity contribution in [2.24, 2.45) is 0 Å². The Bertz CT molecular complexity index is 512. The van der Waals surface area contributed by atoms with Crippen molar-refractivity contribution in [3.8, 4) is 0 Å². The minimum atomic E-state index is 0.112. The Morgan fingerprint density at radius 3 is 2.83 bits per heavy atom. The standard InChI is InChI=1S/C12H17ClN4S/c1-12(2,3)14-5-11-16-10(8-18-11)7-17-6-9(13)4-15-17/h4,6,8,14H,5,7H2,1-3H3. The predicted octanol–water partition coefficient (Wildman–Crippen LogP) is 2.93. The monoisotopic (exact) mass is 284 g/mol. The molecule has 2 rings (SSSR count). The van der Waals surface area contributed by atoms with Crippen LogP contribution < -0.4 is 5.32 Å². The van der Waals surface area contributed by atoms with Gasteiger partial charge in [0.05, 0.1) is 23.5 Å². The first-order chi connectivity index (χ1) is 8.42. The fourth-order valence-electron chi connectivity index (χ4n) is 1.43. The lowest BCUT2D eigenvalue weighted by Gasteiger charge is -2.19. The van der Waals surface area contributed by atoms with Crippen molar-refractivity contribution in [3.63, 3.8) is 0 Å². The zero-order valence-electron chi connectivity index (χ0n) is 10.8. The van der Waals surface area contributed by atoms with E-state index >= 15 is 0 Å². The molecule has 0 aromatic carbocycles. The van der Waals surface area contributed by atoms with Gasteiger partial charge >= 0.3 is 0 Å². The summed E-state index contributed by atoms with van der Waals surface area (Å²) in [6.45, 7) is 7.90. The largest absolute Gasteiger partial charge is 0.306 e. The summed E-state index contributed by atoms with van der Waals surface area (Å²) in [5.74, 6) is 0. The van der Waals surface area contributed by atoms with Gasteiger partial charge < -0.3 is 5.32 Å². The van der Waals surface area contributed by atoms with Gasteiger partial charge in [0.25, 0.3) is 0 Å². The van der Waals surface area contributed by atoms with E-state index in [-0.39, 0.29) is 5.54 Å². The van der Waals surface area contributed by atoms with Crippen molar-refractivity contribution in [3.05, 3.63) is 33.5 Å². The van der Waals surface area contributed by atoms with E-state index in [0.717, 1.165) is 17.2 Å². The number of thiazole rings is 1. The number of hydrogen-bond donors (Lipinski definition) is 1. The van der Waals surface area contributed by atoms with Gasteiger partial charge in [-0.3, -0.25) is 4.68 Å². The molecule has 2 heterocycles. The highest BCUT2D eigenvalue weighted by molar-refractivity contribution is 7.09. The summed E-state index contributed by atoms with van der Waals surface area (Å²) in [6, 6.07) is 0. The Morgan fingerprint density at radius 2 is 2.22 bits per heavy atom. The third-order valence-electron chi connectivity index (χ3n) is 2.29. The van der Waals surface area contributed by atoms with Gasteiger partial charge in [-0.2, -0.15) is 5.10 Å². The summed E-state index contributed by atoms with van der Waals surface area (Å²) in [5, 5.41) is 11.4. The molecule has 0 bridgehead atoms. The van der Waals surface area contributed by atoms with Crippen LogP contribution in [0.4, 0.5) is 0 Å². The molecule has 98 valence electrons. The number of nitrogens with one attached hydrogen (secondary N) is 1. The molecular weight excluding hydrogens is 268 g/mol. The van der Waals surface area contributed by atoms with Crippen molar-refractivity contribution < 1.29 is 0 Å². The molecule has 0 saturated carbocycles. The summed E-state index contributed by atoms with van der Waals surface area (Å²) in [7, 11) is 0. The van der Waals surface area contributed by atoms with Crippen molar-refractivity contribution in [1.82, 2.24) is 20.1 Å². The highest BCUT2D eigenvalue weighted by atomic mass is 35.5. The van der Waals surface area contributed by atoms with E-state index in [0.29, 0.717) is 11.6 Å². The first-order valence-corrected chi connectivity index (χ1v) is 7.04. The molecule has 2 aromatic heterocycles. The molecule has 2 aromatic rings. The van der Waals surface area contributed by atoms with Gasteiger partial charge in [-0.05, 0) is 20.8 Å². The molecule has 18 heavy (non-hydrogen) atoms. The van der Waals surface area contributed by atoms with Crippen LogP contribution in [0.25, 0.3) is 0 Å². The second-order valence-electron chi connectivity index (χ2n) is 5.19. The summed E-state index contributed by atoms with van der Waals surface area (Å²) in [5.41, 5.74) is 1.13. The fourth-order valence-corrected chi connectivity index (χ4v) is 2.32. The molecule has 6 heteroatoms. The van der Waals surface area contributed by atoms with E-state index in [4.69, 9.17) is 11.6 Å². The highest BCUT2D eigenvalue weighted by Gasteiger charge is 2.10.